The number of aromatic nitrogens is 1. The number of benzene rings is 1. The number of alkyl halides is 1. The molecular weight excluding hydrogens is 328 g/mol. The number of nitrogens with one attached hydrogen (secondary N) is 1. The highest BCUT2D eigenvalue weighted by Crippen LogP contribution is 2.19. The lowest BCUT2D eigenvalue weighted by molar-refractivity contribution is 0.600. The summed E-state index contributed by atoms with van der Waals surface area (Å²) in [7, 11) is -3.60. The minimum Gasteiger partial charge on any atom is -0.263 e. The quantitative estimate of drug-likeness (QED) is 0.851. The Kier molecular flexibility index (Phi) is 4.55. The van der Waals surface area contributed by atoms with Crippen molar-refractivity contribution in [1.29, 1.82) is 0 Å². The lowest BCUT2D eigenvalue weighted by Gasteiger charge is -2.10. The zero-order valence-corrected chi connectivity index (χ0v) is 12.5. The third-order valence-corrected chi connectivity index (χ3v) is 4.38. The summed E-state index contributed by atoms with van der Waals surface area (Å²) in [6, 6.07) is 12.0. The Hall–Kier alpha value is -1.40. The molecule has 2 rings (SSSR count). The Morgan fingerprint density at radius 1 is 1.11 bits per heavy atom. The molecule has 0 fully saturated rings. The van der Waals surface area contributed by atoms with Gasteiger partial charge in [-0.3, -0.25) is 4.72 Å². The van der Waals surface area contributed by atoms with Gasteiger partial charge in [-0.2, -0.15) is 0 Å². The summed E-state index contributed by atoms with van der Waals surface area (Å²) in [4.78, 5) is 4.26. The molecule has 0 atom stereocenters. The average molecular weight is 341 g/mol. The molecule has 0 aliphatic rings. The highest BCUT2D eigenvalue weighted by atomic mass is 79.9. The monoisotopic (exact) mass is 340 g/mol. The van der Waals surface area contributed by atoms with Gasteiger partial charge in [-0.15, -0.1) is 0 Å². The van der Waals surface area contributed by atoms with Gasteiger partial charge in [-0.05, 0) is 30.2 Å². The predicted octanol–water partition coefficient (Wildman–Crippen LogP) is 2.82. The second kappa shape index (κ2) is 6.16. The van der Waals surface area contributed by atoms with Crippen molar-refractivity contribution < 1.29 is 8.42 Å². The van der Waals surface area contributed by atoms with Crippen molar-refractivity contribution in [3.63, 3.8) is 0 Å². The van der Waals surface area contributed by atoms with Crippen molar-refractivity contribution in [2.45, 2.75) is 11.3 Å². The Labute approximate surface area is 121 Å². The van der Waals surface area contributed by atoms with Crippen LogP contribution in [0.15, 0.2) is 53.6 Å². The van der Waals surface area contributed by atoms with Gasteiger partial charge in [0.15, 0.2) is 0 Å². The second-order valence-electron chi connectivity index (χ2n) is 3.87. The fraction of sp³-hybridized carbons (Fsp3) is 0.154. The zero-order valence-electron chi connectivity index (χ0n) is 10.1. The molecule has 19 heavy (non-hydrogen) atoms. The highest BCUT2D eigenvalue weighted by molar-refractivity contribution is 9.09. The van der Waals surface area contributed by atoms with Gasteiger partial charge < -0.3 is 0 Å². The Morgan fingerprint density at radius 3 is 2.53 bits per heavy atom. The average Bonchev–Trinajstić information content (AvgIpc) is 2.40. The molecule has 0 aliphatic heterocycles. The first kappa shape index (κ1) is 14.0. The van der Waals surface area contributed by atoms with Crippen LogP contribution in [-0.2, 0) is 16.4 Å². The summed E-state index contributed by atoms with van der Waals surface area (Å²) in [6.07, 6.45) is 2.20. The van der Waals surface area contributed by atoms with Gasteiger partial charge in [-0.25, -0.2) is 13.4 Å². The number of pyridine rings is 1. The smallest absolute Gasteiger partial charge is 0.263 e. The maximum atomic E-state index is 12.3. The summed E-state index contributed by atoms with van der Waals surface area (Å²) in [5.41, 5.74) is 0.780. The van der Waals surface area contributed by atoms with Crippen LogP contribution in [-0.4, -0.2) is 18.7 Å². The standard InChI is InChI=1S/C13H13BrN2O2S/c14-9-8-11-5-1-2-6-12(11)19(17,18)16-13-7-3-4-10-15-13/h1-7,10H,8-9H2,(H,15,16). The van der Waals surface area contributed by atoms with E-state index in [1.807, 2.05) is 12.1 Å². The van der Waals surface area contributed by atoms with Crippen LogP contribution in [0.4, 0.5) is 5.82 Å². The van der Waals surface area contributed by atoms with Gasteiger partial charge in [0, 0.05) is 11.5 Å². The molecule has 1 heterocycles. The van der Waals surface area contributed by atoms with E-state index < -0.39 is 10.0 Å². The van der Waals surface area contributed by atoms with Crippen LogP contribution in [0.25, 0.3) is 0 Å². The number of halogens is 1. The molecule has 0 aliphatic carbocycles. The van der Waals surface area contributed by atoms with Crippen molar-refractivity contribution in [3.05, 3.63) is 54.2 Å². The van der Waals surface area contributed by atoms with E-state index in [0.717, 1.165) is 5.56 Å². The first-order valence-electron chi connectivity index (χ1n) is 5.71. The van der Waals surface area contributed by atoms with Crippen molar-refractivity contribution in [1.82, 2.24) is 4.98 Å². The zero-order chi connectivity index (χ0) is 13.7. The van der Waals surface area contributed by atoms with Crippen LogP contribution < -0.4 is 4.72 Å². The third-order valence-electron chi connectivity index (χ3n) is 2.53. The van der Waals surface area contributed by atoms with E-state index >= 15 is 0 Å². The largest absolute Gasteiger partial charge is 0.263 e. The summed E-state index contributed by atoms with van der Waals surface area (Å²) < 4.78 is 27.1. The fourth-order valence-corrected chi connectivity index (χ4v) is 3.40. The minimum absolute atomic E-state index is 0.292. The highest BCUT2D eigenvalue weighted by Gasteiger charge is 2.18. The first-order valence-corrected chi connectivity index (χ1v) is 8.31. The van der Waals surface area contributed by atoms with Crippen LogP contribution in [0.1, 0.15) is 5.56 Å². The Morgan fingerprint density at radius 2 is 1.84 bits per heavy atom. The number of rotatable bonds is 5. The van der Waals surface area contributed by atoms with Crippen molar-refractivity contribution in [3.8, 4) is 0 Å². The van der Waals surface area contributed by atoms with Gasteiger partial charge in [0.2, 0.25) is 0 Å². The SMILES string of the molecule is O=S(=O)(Nc1ccccn1)c1ccccc1CCBr. The van der Waals surface area contributed by atoms with Gasteiger partial charge >= 0.3 is 0 Å². The normalized spacial score (nSPS) is 11.2. The van der Waals surface area contributed by atoms with Crippen molar-refractivity contribution in [2.24, 2.45) is 0 Å². The maximum absolute atomic E-state index is 12.3. The maximum Gasteiger partial charge on any atom is 0.263 e. The van der Waals surface area contributed by atoms with Crippen LogP contribution in [0.5, 0.6) is 0 Å². The molecule has 0 saturated carbocycles. The van der Waals surface area contributed by atoms with E-state index in [0.29, 0.717) is 22.5 Å². The van der Waals surface area contributed by atoms with Crippen LogP contribution in [0, 0.1) is 0 Å². The number of hydrogen-bond acceptors (Lipinski definition) is 3. The molecule has 2 aromatic rings. The van der Waals surface area contributed by atoms with Gasteiger partial charge in [-0.1, -0.05) is 40.2 Å². The molecule has 0 unspecified atom stereocenters. The van der Waals surface area contributed by atoms with E-state index in [4.69, 9.17) is 0 Å². The van der Waals surface area contributed by atoms with Crippen LogP contribution >= 0.6 is 15.9 Å². The number of hydrogen-bond donors (Lipinski definition) is 1. The molecule has 6 heteroatoms. The summed E-state index contributed by atoms with van der Waals surface area (Å²) in [5, 5.41) is 0.711. The number of aryl methyl sites for hydroxylation is 1. The predicted molar refractivity (Wildman–Crippen MR) is 79.0 cm³/mol. The van der Waals surface area contributed by atoms with Crippen molar-refractivity contribution >= 4 is 31.8 Å². The summed E-state index contributed by atoms with van der Waals surface area (Å²) in [6.45, 7) is 0. The second-order valence-corrected chi connectivity index (χ2v) is 6.31. The van der Waals surface area contributed by atoms with E-state index in [1.165, 1.54) is 0 Å². The Balaban J connectivity index is 2.35. The van der Waals surface area contributed by atoms with Crippen molar-refractivity contribution in [2.75, 3.05) is 10.1 Å². The molecule has 1 N–H and O–H groups in total. The van der Waals surface area contributed by atoms with Crippen LogP contribution in [0.2, 0.25) is 0 Å². The molecule has 100 valence electrons. The molecular formula is C13H13BrN2O2S. The lowest BCUT2D eigenvalue weighted by atomic mass is 10.2. The van der Waals surface area contributed by atoms with E-state index in [-0.39, 0.29) is 0 Å². The fourth-order valence-electron chi connectivity index (χ4n) is 1.69. The summed E-state index contributed by atoms with van der Waals surface area (Å²) in [5.74, 6) is 0.316. The molecule has 1 aromatic carbocycles. The minimum atomic E-state index is -3.60. The van der Waals surface area contributed by atoms with Gasteiger partial charge in [0.05, 0.1) is 4.90 Å². The molecule has 0 radical (unpaired) electrons. The molecule has 0 spiro atoms. The van der Waals surface area contributed by atoms with Crippen LogP contribution in [0.3, 0.4) is 0 Å². The number of sulfonamides is 1. The van der Waals surface area contributed by atoms with Gasteiger partial charge in [0.25, 0.3) is 10.0 Å². The Bertz CT molecular complexity index is 645. The molecule has 0 bridgehead atoms. The molecule has 0 saturated heterocycles. The molecule has 4 nitrogen and oxygen atoms in total. The number of anilines is 1. The van der Waals surface area contributed by atoms with E-state index in [2.05, 4.69) is 25.6 Å². The summed E-state index contributed by atoms with van der Waals surface area (Å²) >= 11 is 3.33. The van der Waals surface area contributed by atoms with E-state index in [1.54, 1.807) is 36.5 Å². The van der Waals surface area contributed by atoms with E-state index in [9.17, 15) is 8.42 Å². The molecule has 0 amide bonds. The third kappa shape index (κ3) is 3.54. The molecule has 1 aromatic heterocycles. The lowest BCUT2D eigenvalue weighted by Crippen LogP contribution is -2.15. The van der Waals surface area contributed by atoms with Gasteiger partial charge in [0.1, 0.15) is 5.82 Å². The first-order chi connectivity index (χ1) is 9.13. The topological polar surface area (TPSA) is 59.1 Å². The number of nitrogens with zero attached hydrogens (tertiary/aromatic N) is 1.